The summed E-state index contributed by atoms with van der Waals surface area (Å²) >= 11 is 8.99. The lowest BCUT2D eigenvalue weighted by atomic mass is 10.2. The molecule has 3 N–H and O–H groups in total. The maximum atomic E-state index is 12.8. The Balaban J connectivity index is 3.22. The Hall–Kier alpha value is -0.370. The highest BCUT2D eigenvalue weighted by Crippen LogP contribution is 2.37. The molecule has 0 bridgehead atoms. The lowest BCUT2D eigenvalue weighted by Gasteiger charge is -2.20. The van der Waals surface area contributed by atoms with Gasteiger partial charge in [0.25, 0.3) is 10.1 Å². The van der Waals surface area contributed by atoms with Crippen LogP contribution in [0.1, 0.15) is 10.4 Å². The zero-order valence-corrected chi connectivity index (χ0v) is 16.3. The second-order valence-corrected chi connectivity index (χ2v) is 8.13. The van der Waals surface area contributed by atoms with E-state index in [9.17, 15) is 26.4 Å². The third-order valence-corrected chi connectivity index (χ3v) is 5.22. The summed E-state index contributed by atoms with van der Waals surface area (Å²) in [6.45, 7) is 0. The van der Waals surface area contributed by atoms with E-state index in [4.69, 9.17) is 10.3 Å². The molecule has 1 aromatic carbocycles. The molecule has 1 aromatic rings. The highest BCUT2D eigenvalue weighted by Gasteiger charge is 2.46. The number of esters is 1. The summed E-state index contributed by atoms with van der Waals surface area (Å²) in [5.41, 5.74) is 5.29. The normalized spacial score (nSPS) is 13.7. The number of hydrogen-bond acceptors (Lipinski definition) is 5. The summed E-state index contributed by atoms with van der Waals surface area (Å²) < 4.78 is 72.7. The van der Waals surface area contributed by atoms with E-state index in [1.165, 1.54) is 6.07 Å². The molecule has 6 nitrogen and oxygen atoms in total. The van der Waals surface area contributed by atoms with Crippen molar-refractivity contribution in [2.24, 2.45) is 0 Å². The number of ether oxygens (including phenoxy) is 1. The summed E-state index contributed by atoms with van der Waals surface area (Å²) in [6, 6.07) is 1.31. The van der Waals surface area contributed by atoms with Crippen LogP contribution in [-0.4, -0.2) is 37.0 Å². The molecular weight excluding hydrogens is 543 g/mol. The Morgan fingerprint density at radius 3 is 2.26 bits per heavy atom. The van der Waals surface area contributed by atoms with Crippen molar-refractivity contribution in [2.45, 2.75) is 12.3 Å². The number of benzene rings is 1. The van der Waals surface area contributed by atoms with Gasteiger partial charge in [-0.15, -0.1) is 0 Å². The maximum absolute atomic E-state index is 12.8. The predicted molar refractivity (Wildman–Crippen MR) is 85.6 cm³/mol. The predicted octanol–water partition coefficient (Wildman–Crippen LogP) is 3.53. The largest absolute Gasteiger partial charge is 0.448 e. The molecule has 0 saturated heterocycles. The van der Waals surface area contributed by atoms with Crippen molar-refractivity contribution < 1.29 is 35.7 Å². The summed E-state index contributed by atoms with van der Waals surface area (Å²) in [4.78, 5) is 12.0. The van der Waals surface area contributed by atoms with E-state index in [-0.39, 0.29) is 20.2 Å². The zero-order chi connectivity index (χ0) is 18.2. The van der Waals surface area contributed by atoms with Gasteiger partial charge < -0.3 is 10.5 Å². The molecule has 0 radical (unpaired) electrons. The Bertz CT molecular complexity index is 738. The molecule has 0 amide bonds. The molecule has 0 saturated carbocycles. The maximum Gasteiger partial charge on any atom is 0.426 e. The molecule has 1 atom stereocenters. The molecule has 1 unspecified atom stereocenters. The second kappa shape index (κ2) is 7.25. The highest BCUT2D eigenvalue weighted by molar-refractivity contribution is 9.11. The fourth-order valence-corrected chi connectivity index (χ4v) is 4.45. The molecule has 0 aliphatic rings. The minimum Gasteiger partial charge on any atom is -0.448 e. The second-order valence-electron chi connectivity index (χ2n) is 4.13. The molecule has 0 aliphatic heterocycles. The van der Waals surface area contributed by atoms with Crippen molar-refractivity contribution >= 4 is 69.6 Å². The lowest BCUT2D eigenvalue weighted by molar-refractivity contribution is -0.197. The summed E-state index contributed by atoms with van der Waals surface area (Å²) in [6.07, 6.45) is -8.22. The standard InChI is InChI=1S/C10H7Br3F3NO5S/c11-3-1-4(12)8(17)7(13)6(3)9(18)22-5(10(14,15)16)2-23(19,20)21/h1,5H,2,17H2,(H,19,20,21). The van der Waals surface area contributed by atoms with Crippen LogP contribution in [0.25, 0.3) is 0 Å². The first-order chi connectivity index (χ1) is 10.2. The SMILES string of the molecule is Nc1c(Br)cc(Br)c(C(=O)OC(CS(=O)(=O)O)C(F)(F)F)c1Br. The number of halogens is 6. The van der Waals surface area contributed by atoms with Crippen LogP contribution < -0.4 is 5.73 Å². The van der Waals surface area contributed by atoms with Crippen molar-refractivity contribution in [2.75, 3.05) is 11.5 Å². The van der Waals surface area contributed by atoms with Crippen molar-refractivity contribution in [3.8, 4) is 0 Å². The van der Waals surface area contributed by atoms with Crippen molar-refractivity contribution in [3.63, 3.8) is 0 Å². The van der Waals surface area contributed by atoms with E-state index in [0.29, 0.717) is 4.47 Å². The van der Waals surface area contributed by atoms with Gasteiger partial charge in [0.2, 0.25) is 6.10 Å². The fourth-order valence-electron chi connectivity index (χ4n) is 1.37. The van der Waals surface area contributed by atoms with Crippen molar-refractivity contribution in [1.29, 1.82) is 0 Å². The Labute approximate surface area is 153 Å². The lowest BCUT2D eigenvalue weighted by Crippen LogP contribution is -2.39. The molecule has 23 heavy (non-hydrogen) atoms. The molecule has 13 heteroatoms. The van der Waals surface area contributed by atoms with Crippen LogP contribution in [0.2, 0.25) is 0 Å². The molecule has 0 aromatic heterocycles. The van der Waals surface area contributed by atoms with Gasteiger partial charge in [-0.1, -0.05) is 0 Å². The first kappa shape index (κ1) is 20.7. The minimum absolute atomic E-state index is 0.0264. The number of carbonyl (C=O) groups excluding carboxylic acids is 1. The van der Waals surface area contributed by atoms with Gasteiger partial charge >= 0.3 is 12.1 Å². The monoisotopic (exact) mass is 547 g/mol. The fraction of sp³-hybridized carbons (Fsp3) is 0.300. The molecule has 0 fully saturated rings. The van der Waals surface area contributed by atoms with E-state index in [2.05, 4.69) is 52.5 Å². The van der Waals surface area contributed by atoms with Crippen LogP contribution in [0, 0.1) is 0 Å². The van der Waals surface area contributed by atoms with Crippen LogP contribution in [0.5, 0.6) is 0 Å². The minimum atomic E-state index is -5.19. The topological polar surface area (TPSA) is 107 Å². The average molecular weight is 550 g/mol. The van der Waals surface area contributed by atoms with Gasteiger partial charge in [0.15, 0.2) is 0 Å². The molecule has 130 valence electrons. The third-order valence-electron chi connectivity index (χ3n) is 2.39. The molecular formula is C10H7Br3F3NO5S. The number of nitrogens with two attached hydrogens (primary N) is 1. The van der Waals surface area contributed by atoms with Gasteiger partial charge in [-0.25, -0.2) is 4.79 Å². The molecule has 0 spiro atoms. The van der Waals surface area contributed by atoms with Gasteiger partial charge in [0.05, 0.1) is 15.7 Å². The van der Waals surface area contributed by atoms with Gasteiger partial charge in [0.1, 0.15) is 5.75 Å². The Kier molecular flexibility index (Phi) is 6.52. The van der Waals surface area contributed by atoms with Gasteiger partial charge in [0, 0.05) is 8.95 Å². The van der Waals surface area contributed by atoms with Gasteiger partial charge in [-0.2, -0.15) is 21.6 Å². The molecule has 0 aliphatic carbocycles. The molecule has 0 heterocycles. The first-order valence-corrected chi connectivity index (χ1v) is 9.38. The average Bonchev–Trinajstić information content (AvgIpc) is 2.32. The quantitative estimate of drug-likeness (QED) is 0.338. The van der Waals surface area contributed by atoms with E-state index >= 15 is 0 Å². The van der Waals surface area contributed by atoms with E-state index in [1.54, 1.807) is 0 Å². The number of anilines is 1. The number of alkyl halides is 3. The first-order valence-electron chi connectivity index (χ1n) is 5.40. The van der Waals surface area contributed by atoms with E-state index < -0.39 is 34.1 Å². The third kappa shape index (κ3) is 5.59. The van der Waals surface area contributed by atoms with Gasteiger partial charge in [-0.05, 0) is 53.9 Å². The summed E-state index contributed by atoms with van der Waals surface area (Å²) in [7, 11) is -5.02. The summed E-state index contributed by atoms with van der Waals surface area (Å²) in [5, 5.41) is 0. The van der Waals surface area contributed by atoms with Crippen LogP contribution in [-0.2, 0) is 14.9 Å². The van der Waals surface area contributed by atoms with Crippen molar-refractivity contribution in [3.05, 3.63) is 25.0 Å². The van der Waals surface area contributed by atoms with Crippen LogP contribution in [0.3, 0.4) is 0 Å². The Morgan fingerprint density at radius 2 is 1.83 bits per heavy atom. The smallest absolute Gasteiger partial charge is 0.426 e. The molecule has 1 rings (SSSR count). The summed E-state index contributed by atoms with van der Waals surface area (Å²) in [5.74, 6) is -3.29. The number of nitrogen functional groups attached to an aromatic ring is 1. The number of hydrogen-bond donors (Lipinski definition) is 2. The highest BCUT2D eigenvalue weighted by atomic mass is 79.9. The Morgan fingerprint density at radius 1 is 1.30 bits per heavy atom. The van der Waals surface area contributed by atoms with Gasteiger partial charge in [-0.3, -0.25) is 4.55 Å². The van der Waals surface area contributed by atoms with Crippen LogP contribution >= 0.6 is 47.8 Å². The van der Waals surface area contributed by atoms with Crippen LogP contribution in [0.4, 0.5) is 18.9 Å². The van der Waals surface area contributed by atoms with Crippen molar-refractivity contribution in [1.82, 2.24) is 0 Å². The van der Waals surface area contributed by atoms with E-state index in [1.807, 2.05) is 0 Å². The zero-order valence-electron chi connectivity index (χ0n) is 10.7. The number of carbonyl (C=O) groups is 1. The van der Waals surface area contributed by atoms with Crippen LogP contribution in [0.15, 0.2) is 19.5 Å². The van der Waals surface area contributed by atoms with E-state index in [0.717, 1.165) is 0 Å². The number of rotatable bonds is 4.